The normalized spacial score (nSPS) is 15.1. The lowest BCUT2D eigenvalue weighted by atomic mass is 10.1. The Hall–Kier alpha value is -2.60. The molecule has 27 heavy (non-hydrogen) atoms. The van der Waals surface area contributed by atoms with Crippen LogP contribution in [0.15, 0.2) is 53.5 Å². The molecule has 2 N–H and O–H groups in total. The van der Waals surface area contributed by atoms with Crippen molar-refractivity contribution < 1.29 is 9.50 Å². The van der Waals surface area contributed by atoms with E-state index in [0.29, 0.717) is 6.54 Å². The number of aliphatic hydroxyl groups is 1. The van der Waals surface area contributed by atoms with Gasteiger partial charge in [-0.25, -0.2) is 9.38 Å². The molecule has 144 valence electrons. The summed E-state index contributed by atoms with van der Waals surface area (Å²) in [5, 5.41) is 12.9. The molecule has 5 nitrogen and oxygen atoms in total. The Balaban J connectivity index is 1.64. The van der Waals surface area contributed by atoms with E-state index >= 15 is 0 Å². The SMILES string of the molecule is CCNC(=NCc1ccccc1CO)N1CCN(c2ccc(F)cc2)CC1. The zero-order valence-corrected chi connectivity index (χ0v) is 15.7. The van der Waals surface area contributed by atoms with Crippen LogP contribution in [0, 0.1) is 5.82 Å². The minimum atomic E-state index is -0.206. The maximum Gasteiger partial charge on any atom is 0.194 e. The quantitative estimate of drug-likeness (QED) is 0.628. The topological polar surface area (TPSA) is 51.1 Å². The number of hydrogen-bond donors (Lipinski definition) is 2. The number of anilines is 1. The van der Waals surface area contributed by atoms with Gasteiger partial charge in [0.25, 0.3) is 0 Å². The number of halogens is 1. The number of guanidine groups is 1. The second kappa shape index (κ2) is 9.37. The molecule has 1 aliphatic rings. The van der Waals surface area contributed by atoms with Crippen molar-refractivity contribution in [3.8, 4) is 0 Å². The third-order valence-electron chi connectivity index (χ3n) is 4.79. The maximum absolute atomic E-state index is 13.1. The molecule has 0 aromatic heterocycles. The Kier molecular flexibility index (Phi) is 6.65. The average molecular weight is 370 g/mol. The molecular weight excluding hydrogens is 343 g/mol. The molecule has 6 heteroatoms. The molecule has 0 aliphatic carbocycles. The van der Waals surface area contributed by atoms with Gasteiger partial charge in [0.15, 0.2) is 5.96 Å². The van der Waals surface area contributed by atoms with Crippen molar-refractivity contribution in [2.24, 2.45) is 4.99 Å². The van der Waals surface area contributed by atoms with Crippen molar-refractivity contribution in [2.75, 3.05) is 37.6 Å². The monoisotopic (exact) mass is 370 g/mol. The minimum absolute atomic E-state index is 0.0264. The highest BCUT2D eigenvalue weighted by Crippen LogP contribution is 2.17. The predicted molar refractivity (Wildman–Crippen MR) is 107 cm³/mol. The zero-order chi connectivity index (χ0) is 19.1. The van der Waals surface area contributed by atoms with Gasteiger partial charge in [-0.2, -0.15) is 0 Å². The number of nitrogens with zero attached hydrogens (tertiary/aromatic N) is 3. The molecule has 0 radical (unpaired) electrons. The molecule has 0 unspecified atom stereocenters. The van der Waals surface area contributed by atoms with Crippen LogP contribution in [-0.2, 0) is 13.2 Å². The number of aliphatic imine (C=N–C) groups is 1. The number of rotatable bonds is 5. The number of piperazine rings is 1. The Bertz CT molecular complexity index is 755. The van der Waals surface area contributed by atoms with E-state index in [9.17, 15) is 9.50 Å². The summed E-state index contributed by atoms with van der Waals surface area (Å²) in [5.74, 6) is 0.686. The van der Waals surface area contributed by atoms with E-state index < -0.39 is 0 Å². The Morgan fingerprint density at radius 2 is 1.70 bits per heavy atom. The molecule has 0 spiro atoms. The van der Waals surface area contributed by atoms with E-state index in [4.69, 9.17) is 4.99 Å². The molecule has 1 aliphatic heterocycles. The van der Waals surface area contributed by atoms with Crippen molar-refractivity contribution in [2.45, 2.75) is 20.1 Å². The summed E-state index contributed by atoms with van der Waals surface area (Å²) < 4.78 is 13.1. The average Bonchev–Trinajstić information content (AvgIpc) is 2.72. The first-order valence-corrected chi connectivity index (χ1v) is 9.42. The van der Waals surface area contributed by atoms with Crippen molar-refractivity contribution in [1.29, 1.82) is 0 Å². The van der Waals surface area contributed by atoms with Crippen molar-refractivity contribution in [3.63, 3.8) is 0 Å². The van der Waals surface area contributed by atoms with Gasteiger partial charge in [-0.05, 0) is 42.3 Å². The summed E-state index contributed by atoms with van der Waals surface area (Å²) in [6.45, 7) is 6.86. The largest absolute Gasteiger partial charge is 0.392 e. The second-order valence-electron chi connectivity index (χ2n) is 6.55. The Labute approximate surface area is 160 Å². The number of hydrogen-bond acceptors (Lipinski definition) is 3. The van der Waals surface area contributed by atoms with Crippen LogP contribution in [0.1, 0.15) is 18.1 Å². The van der Waals surface area contributed by atoms with Gasteiger partial charge in [0.1, 0.15) is 5.82 Å². The van der Waals surface area contributed by atoms with E-state index in [0.717, 1.165) is 55.5 Å². The standard InChI is InChI=1S/C21H27FN4O/c1-2-23-21(24-15-17-5-3-4-6-18(17)16-27)26-13-11-25(12-14-26)20-9-7-19(22)8-10-20/h3-10,27H,2,11-16H2,1H3,(H,23,24). The van der Waals surface area contributed by atoms with E-state index in [-0.39, 0.29) is 12.4 Å². The molecule has 0 atom stereocenters. The van der Waals surface area contributed by atoms with Gasteiger partial charge in [0, 0.05) is 38.4 Å². The lowest BCUT2D eigenvalue weighted by molar-refractivity contribution is 0.280. The second-order valence-corrected chi connectivity index (χ2v) is 6.55. The summed E-state index contributed by atoms with van der Waals surface area (Å²) in [4.78, 5) is 9.30. The molecular formula is C21H27FN4O. The molecule has 1 fully saturated rings. The molecule has 0 amide bonds. The van der Waals surface area contributed by atoms with Gasteiger partial charge in [-0.15, -0.1) is 0 Å². The Morgan fingerprint density at radius 1 is 1.04 bits per heavy atom. The van der Waals surface area contributed by atoms with Crippen LogP contribution in [0.4, 0.5) is 10.1 Å². The molecule has 2 aromatic carbocycles. The van der Waals surface area contributed by atoms with Crippen molar-refractivity contribution >= 4 is 11.6 Å². The van der Waals surface area contributed by atoms with Crippen LogP contribution in [0.5, 0.6) is 0 Å². The first kappa shape index (κ1) is 19.2. The van der Waals surface area contributed by atoms with Crippen LogP contribution >= 0.6 is 0 Å². The number of aliphatic hydroxyl groups excluding tert-OH is 1. The van der Waals surface area contributed by atoms with E-state index in [2.05, 4.69) is 22.0 Å². The Morgan fingerprint density at radius 3 is 2.33 bits per heavy atom. The lowest BCUT2D eigenvalue weighted by Gasteiger charge is -2.37. The third-order valence-corrected chi connectivity index (χ3v) is 4.79. The van der Waals surface area contributed by atoms with Gasteiger partial charge >= 0.3 is 0 Å². The van der Waals surface area contributed by atoms with Gasteiger partial charge in [0.2, 0.25) is 0 Å². The van der Waals surface area contributed by atoms with Crippen LogP contribution < -0.4 is 10.2 Å². The fourth-order valence-electron chi connectivity index (χ4n) is 3.28. The number of nitrogens with one attached hydrogen (secondary N) is 1. The lowest BCUT2D eigenvalue weighted by Crippen LogP contribution is -2.52. The summed E-state index contributed by atoms with van der Waals surface area (Å²) in [6.07, 6.45) is 0. The molecule has 3 rings (SSSR count). The fraction of sp³-hybridized carbons (Fsp3) is 0.381. The van der Waals surface area contributed by atoms with E-state index in [1.54, 1.807) is 0 Å². The van der Waals surface area contributed by atoms with Crippen LogP contribution in [0.25, 0.3) is 0 Å². The highest BCUT2D eigenvalue weighted by Gasteiger charge is 2.20. The van der Waals surface area contributed by atoms with Crippen molar-refractivity contribution in [3.05, 3.63) is 65.5 Å². The third kappa shape index (κ3) is 4.98. The summed E-state index contributed by atoms with van der Waals surface area (Å²) in [7, 11) is 0. The van der Waals surface area contributed by atoms with Crippen LogP contribution in [0.3, 0.4) is 0 Å². The highest BCUT2D eigenvalue weighted by molar-refractivity contribution is 5.80. The van der Waals surface area contributed by atoms with Crippen LogP contribution in [-0.4, -0.2) is 48.7 Å². The molecule has 1 heterocycles. The van der Waals surface area contributed by atoms with Gasteiger partial charge < -0.3 is 20.2 Å². The van der Waals surface area contributed by atoms with E-state index in [1.165, 1.54) is 12.1 Å². The van der Waals surface area contributed by atoms with Gasteiger partial charge in [-0.3, -0.25) is 0 Å². The molecule has 0 saturated carbocycles. The van der Waals surface area contributed by atoms with E-state index in [1.807, 2.05) is 36.4 Å². The highest BCUT2D eigenvalue weighted by atomic mass is 19.1. The van der Waals surface area contributed by atoms with Gasteiger partial charge in [-0.1, -0.05) is 24.3 Å². The molecule has 2 aromatic rings. The predicted octanol–water partition coefficient (Wildman–Crippen LogP) is 2.61. The van der Waals surface area contributed by atoms with Crippen LogP contribution in [0.2, 0.25) is 0 Å². The fourth-order valence-corrected chi connectivity index (χ4v) is 3.28. The van der Waals surface area contributed by atoms with Gasteiger partial charge in [0.05, 0.1) is 13.2 Å². The summed E-state index contributed by atoms with van der Waals surface area (Å²) in [5.41, 5.74) is 3.01. The number of benzene rings is 2. The smallest absolute Gasteiger partial charge is 0.194 e. The summed E-state index contributed by atoms with van der Waals surface area (Å²) >= 11 is 0. The first-order valence-electron chi connectivity index (χ1n) is 9.42. The maximum atomic E-state index is 13.1. The van der Waals surface area contributed by atoms with Crippen molar-refractivity contribution in [1.82, 2.24) is 10.2 Å². The minimum Gasteiger partial charge on any atom is -0.392 e. The molecule has 1 saturated heterocycles. The summed E-state index contributed by atoms with van der Waals surface area (Å²) in [6, 6.07) is 14.5. The first-order chi connectivity index (χ1) is 13.2. The molecule has 0 bridgehead atoms. The zero-order valence-electron chi connectivity index (χ0n) is 15.7.